The average Bonchev–Trinajstić information content (AvgIpc) is 2.95. The lowest BCUT2D eigenvalue weighted by Gasteiger charge is -2.28. The first-order chi connectivity index (χ1) is 8.59. The highest BCUT2D eigenvalue weighted by Gasteiger charge is 2.29. The maximum absolute atomic E-state index is 12.5. The van der Waals surface area contributed by atoms with Gasteiger partial charge in [0.1, 0.15) is 4.88 Å². The van der Waals surface area contributed by atoms with Gasteiger partial charge in [0.15, 0.2) is 0 Å². The molecule has 0 atom stereocenters. The number of aryl methyl sites for hydroxylation is 1. The Morgan fingerprint density at radius 2 is 2.22 bits per heavy atom. The standard InChI is InChI=1S/C11H16N4OS2/c1-7-10(18-14-13-7)11(16)15(6-9(12)17)8-4-2-3-5-8/h8H,2-6H2,1H3,(H2,12,17). The van der Waals surface area contributed by atoms with Gasteiger partial charge in [-0.2, -0.15) is 0 Å². The van der Waals surface area contributed by atoms with Crippen LogP contribution in [0.2, 0.25) is 0 Å². The molecule has 0 spiro atoms. The third-order valence-electron chi connectivity index (χ3n) is 3.20. The Morgan fingerprint density at radius 3 is 2.72 bits per heavy atom. The number of amides is 1. The third kappa shape index (κ3) is 2.84. The Bertz CT molecular complexity index is 454. The zero-order valence-electron chi connectivity index (χ0n) is 10.3. The molecule has 5 nitrogen and oxygen atoms in total. The van der Waals surface area contributed by atoms with Gasteiger partial charge in [0, 0.05) is 6.04 Å². The van der Waals surface area contributed by atoms with Crippen LogP contribution in [-0.4, -0.2) is 38.0 Å². The zero-order valence-corrected chi connectivity index (χ0v) is 11.9. The van der Waals surface area contributed by atoms with Gasteiger partial charge in [-0.15, -0.1) is 5.10 Å². The molecule has 98 valence electrons. The van der Waals surface area contributed by atoms with Crippen molar-refractivity contribution in [1.82, 2.24) is 14.5 Å². The van der Waals surface area contributed by atoms with Gasteiger partial charge in [-0.25, -0.2) is 0 Å². The Hall–Kier alpha value is -1.08. The lowest BCUT2D eigenvalue weighted by atomic mass is 10.2. The van der Waals surface area contributed by atoms with E-state index in [9.17, 15) is 4.79 Å². The third-order valence-corrected chi connectivity index (χ3v) is 4.14. The van der Waals surface area contributed by atoms with E-state index in [1.807, 2.05) is 0 Å². The Morgan fingerprint density at radius 1 is 1.56 bits per heavy atom. The monoisotopic (exact) mass is 284 g/mol. The summed E-state index contributed by atoms with van der Waals surface area (Å²) < 4.78 is 3.81. The van der Waals surface area contributed by atoms with Crippen LogP contribution < -0.4 is 5.73 Å². The molecule has 0 bridgehead atoms. The molecule has 1 fully saturated rings. The predicted molar refractivity (Wildman–Crippen MR) is 74.7 cm³/mol. The minimum absolute atomic E-state index is 0.0396. The van der Waals surface area contributed by atoms with E-state index >= 15 is 0 Å². The molecule has 1 amide bonds. The molecule has 1 aromatic heterocycles. The number of hydrogen-bond acceptors (Lipinski definition) is 5. The molecule has 1 aliphatic carbocycles. The van der Waals surface area contributed by atoms with Crippen LogP contribution in [0.3, 0.4) is 0 Å². The smallest absolute Gasteiger partial charge is 0.268 e. The van der Waals surface area contributed by atoms with E-state index in [2.05, 4.69) is 9.59 Å². The molecule has 0 radical (unpaired) electrons. The number of carbonyl (C=O) groups excluding carboxylic acids is 1. The molecule has 1 aliphatic rings. The number of thiocarbonyl (C=S) groups is 1. The van der Waals surface area contributed by atoms with Crippen molar-refractivity contribution >= 4 is 34.6 Å². The van der Waals surface area contributed by atoms with E-state index in [1.54, 1.807) is 11.8 Å². The number of aromatic nitrogens is 2. The van der Waals surface area contributed by atoms with Crippen molar-refractivity contribution < 1.29 is 4.79 Å². The van der Waals surface area contributed by atoms with Crippen LogP contribution in [0.1, 0.15) is 41.0 Å². The van der Waals surface area contributed by atoms with Crippen LogP contribution in [0, 0.1) is 6.92 Å². The highest BCUT2D eigenvalue weighted by atomic mass is 32.1. The van der Waals surface area contributed by atoms with Crippen LogP contribution in [0.4, 0.5) is 0 Å². The molecule has 1 saturated carbocycles. The molecule has 0 unspecified atom stereocenters. The largest absolute Gasteiger partial charge is 0.392 e. The number of hydrogen-bond donors (Lipinski definition) is 1. The van der Waals surface area contributed by atoms with Crippen molar-refractivity contribution in [3.8, 4) is 0 Å². The van der Waals surface area contributed by atoms with Crippen molar-refractivity contribution in [2.45, 2.75) is 38.6 Å². The summed E-state index contributed by atoms with van der Waals surface area (Å²) in [4.78, 5) is 15.2. The summed E-state index contributed by atoms with van der Waals surface area (Å²) in [6.45, 7) is 2.14. The maximum atomic E-state index is 12.5. The van der Waals surface area contributed by atoms with Gasteiger partial charge in [-0.1, -0.05) is 29.5 Å². The predicted octanol–water partition coefficient (Wildman–Crippen LogP) is 1.52. The van der Waals surface area contributed by atoms with E-state index in [4.69, 9.17) is 18.0 Å². The molecule has 0 saturated heterocycles. The summed E-state index contributed by atoms with van der Waals surface area (Å²) >= 11 is 6.08. The van der Waals surface area contributed by atoms with Gasteiger partial charge >= 0.3 is 0 Å². The van der Waals surface area contributed by atoms with Crippen LogP contribution in [0.25, 0.3) is 0 Å². The highest BCUT2D eigenvalue weighted by molar-refractivity contribution is 7.80. The van der Waals surface area contributed by atoms with E-state index in [0.717, 1.165) is 37.2 Å². The quantitative estimate of drug-likeness (QED) is 0.849. The van der Waals surface area contributed by atoms with Gasteiger partial charge in [-0.3, -0.25) is 4.79 Å². The molecule has 1 heterocycles. The van der Waals surface area contributed by atoms with Crippen LogP contribution in [0.5, 0.6) is 0 Å². The summed E-state index contributed by atoms with van der Waals surface area (Å²) in [5.74, 6) is -0.0396. The molecule has 18 heavy (non-hydrogen) atoms. The first-order valence-electron chi connectivity index (χ1n) is 5.98. The molecule has 7 heteroatoms. The fraction of sp³-hybridized carbons (Fsp3) is 0.636. The summed E-state index contributed by atoms with van der Waals surface area (Å²) in [5, 5.41) is 3.88. The van der Waals surface area contributed by atoms with Gasteiger partial charge < -0.3 is 10.6 Å². The number of nitrogens with zero attached hydrogens (tertiary/aromatic N) is 3. The molecular formula is C11H16N4OS2. The van der Waals surface area contributed by atoms with Crippen LogP contribution >= 0.6 is 23.8 Å². The van der Waals surface area contributed by atoms with Gasteiger partial charge in [0.25, 0.3) is 5.91 Å². The lowest BCUT2D eigenvalue weighted by Crippen LogP contribution is -2.43. The number of carbonyl (C=O) groups is 1. The topological polar surface area (TPSA) is 72.1 Å². The van der Waals surface area contributed by atoms with Crippen molar-refractivity contribution in [1.29, 1.82) is 0 Å². The second-order valence-electron chi connectivity index (χ2n) is 4.53. The van der Waals surface area contributed by atoms with Crippen molar-refractivity contribution in [2.75, 3.05) is 6.54 Å². The van der Waals surface area contributed by atoms with Crippen molar-refractivity contribution in [3.63, 3.8) is 0 Å². The minimum Gasteiger partial charge on any atom is -0.392 e. The summed E-state index contributed by atoms with van der Waals surface area (Å²) in [6, 6.07) is 0.250. The fourth-order valence-corrected chi connectivity index (χ4v) is 3.06. The zero-order chi connectivity index (χ0) is 13.1. The van der Waals surface area contributed by atoms with Crippen molar-refractivity contribution in [3.05, 3.63) is 10.6 Å². The first kappa shape index (κ1) is 13.4. The molecule has 1 aromatic rings. The van der Waals surface area contributed by atoms with E-state index in [0.29, 0.717) is 22.1 Å². The Labute approximate surface area is 116 Å². The highest BCUT2D eigenvalue weighted by Crippen LogP contribution is 2.25. The van der Waals surface area contributed by atoms with E-state index in [1.165, 1.54) is 0 Å². The maximum Gasteiger partial charge on any atom is 0.268 e. The minimum atomic E-state index is -0.0396. The second kappa shape index (κ2) is 5.71. The molecular weight excluding hydrogens is 268 g/mol. The van der Waals surface area contributed by atoms with Crippen molar-refractivity contribution in [2.24, 2.45) is 5.73 Å². The summed E-state index contributed by atoms with van der Waals surface area (Å²) in [5.41, 5.74) is 6.28. The summed E-state index contributed by atoms with van der Waals surface area (Å²) in [6.07, 6.45) is 4.37. The lowest BCUT2D eigenvalue weighted by molar-refractivity contribution is 0.0718. The normalized spacial score (nSPS) is 15.8. The first-order valence-corrected chi connectivity index (χ1v) is 7.16. The Balaban J connectivity index is 2.20. The van der Waals surface area contributed by atoms with Gasteiger partial charge in [0.2, 0.25) is 0 Å². The summed E-state index contributed by atoms with van der Waals surface area (Å²) in [7, 11) is 0. The average molecular weight is 284 g/mol. The molecule has 2 N–H and O–H groups in total. The van der Waals surface area contributed by atoms with E-state index in [-0.39, 0.29) is 11.9 Å². The number of nitrogens with two attached hydrogens (primary N) is 1. The fourth-order valence-electron chi connectivity index (χ4n) is 2.31. The van der Waals surface area contributed by atoms with Crippen LogP contribution in [-0.2, 0) is 0 Å². The Kier molecular flexibility index (Phi) is 4.23. The van der Waals surface area contributed by atoms with E-state index < -0.39 is 0 Å². The molecule has 2 rings (SSSR count). The molecule has 0 aliphatic heterocycles. The molecule has 0 aromatic carbocycles. The van der Waals surface area contributed by atoms with Crippen LogP contribution in [0.15, 0.2) is 0 Å². The van der Waals surface area contributed by atoms with Gasteiger partial charge in [-0.05, 0) is 31.3 Å². The SMILES string of the molecule is Cc1nnsc1C(=O)N(CC(N)=S)C1CCCC1. The van der Waals surface area contributed by atoms with Gasteiger partial charge in [0.05, 0.1) is 17.2 Å². The number of rotatable bonds is 4. The second-order valence-corrected chi connectivity index (χ2v) is 5.80.